The van der Waals surface area contributed by atoms with E-state index in [1.807, 2.05) is 19.0 Å². The van der Waals surface area contributed by atoms with Gasteiger partial charge in [-0.3, -0.25) is 9.48 Å². The van der Waals surface area contributed by atoms with Gasteiger partial charge in [-0.1, -0.05) is 0 Å². The molecule has 0 spiro atoms. The lowest BCUT2D eigenvalue weighted by Gasteiger charge is -2.09. The van der Waals surface area contributed by atoms with E-state index in [1.165, 1.54) is 7.05 Å². The summed E-state index contributed by atoms with van der Waals surface area (Å²) in [5.74, 6) is -0.225. The number of rotatable bonds is 6. The number of hydrogen-bond acceptors (Lipinski definition) is 4. The van der Waals surface area contributed by atoms with Crippen LogP contribution in [0.4, 0.5) is 13.2 Å². The van der Waals surface area contributed by atoms with E-state index in [2.05, 4.69) is 10.4 Å². The first-order chi connectivity index (χ1) is 11.2. The van der Waals surface area contributed by atoms with Gasteiger partial charge in [0.25, 0.3) is 5.91 Å². The highest BCUT2D eigenvalue weighted by Gasteiger charge is 2.35. The van der Waals surface area contributed by atoms with Crippen LogP contribution in [0.15, 0.2) is 18.2 Å². The zero-order chi connectivity index (χ0) is 17.9. The Morgan fingerprint density at radius 2 is 2.08 bits per heavy atom. The SMILES string of the molecule is CN(C)CCCNC(=O)c1ccc(-c2cc(C(F)(F)F)n(C)n2)s1. The first-order valence-corrected chi connectivity index (χ1v) is 8.14. The first-order valence-electron chi connectivity index (χ1n) is 7.33. The highest BCUT2D eigenvalue weighted by Crippen LogP contribution is 2.34. The number of carbonyl (C=O) groups excluding carboxylic acids is 1. The van der Waals surface area contributed by atoms with Gasteiger partial charge in [0.2, 0.25) is 0 Å². The lowest BCUT2D eigenvalue weighted by Crippen LogP contribution is -2.26. The Hall–Kier alpha value is -1.87. The summed E-state index contributed by atoms with van der Waals surface area (Å²) in [6, 6.07) is 4.20. The topological polar surface area (TPSA) is 50.2 Å². The second-order valence-electron chi connectivity index (χ2n) is 5.61. The van der Waals surface area contributed by atoms with E-state index < -0.39 is 11.9 Å². The molecular weight excluding hydrogens is 341 g/mol. The summed E-state index contributed by atoms with van der Waals surface area (Å²) in [6.45, 7) is 1.41. The highest BCUT2D eigenvalue weighted by atomic mass is 32.1. The van der Waals surface area contributed by atoms with Gasteiger partial charge >= 0.3 is 6.18 Å². The molecule has 0 fully saturated rings. The Balaban J connectivity index is 2.04. The Kier molecular flexibility index (Phi) is 5.66. The maximum absolute atomic E-state index is 12.8. The summed E-state index contributed by atoms with van der Waals surface area (Å²) < 4.78 is 39.2. The van der Waals surface area contributed by atoms with Crippen LogP contribution in [0.3, 0.4) is 0 Å². The molecule has 2 aromatic rings. The molecule has 1 amide bonds. The van der Waals surface area contributed by atoms with E-state index in [0.29, 0.717) is 16.3 Å². The van der Waals surface area contributed by atoms with Crippen LogP contribution in [0.1, 0.15) is 21.8 Å². The van der Waals surface area contributed by atoms with E-state index in [9.17, 15) is 18.0 Å². The third-order valence-corrected chi connectivity index (χ3v) is 4.43. The van der Waals surface area contributed by atoms with Crippen molar-refractivity contribution in [3.8, 4) is 10.6 Å². The normalized spacial score (nSPS) is 12.0. The molecule has 0 atom stereocenters. The third-order valence-electron chi connectivity index (χ3n) is 3.32. The zero-order valence-electron chi connectivity index (χ0n) is 13.6. The molecule has 0 bridgehead atoms. The summed E-state index contributed by atoms with van der Waals surface area (Å²) in [5.41, 5.74) is -0.609. The molecule has 0 saturated carbocycles. The number of carbonyl (C=O) groups is 1. The summed E-state index contributed by atoms with van der Waals surface area (Å²) in [6.07, 6.45) is -3.63. The van der Waals surface area contributed by atoms with Gasteiger partial charge in [0.15, 0.2) is 0 Å². The van der Waals surface area contributed by atoms with E-state index >= 15 is 0 Å². The summed E-state index contributed by atoms with van der Waals surface area (Å²) >= 11 is 1.13. The number of halogens is 3. The number of aromatic nitrogens is 2. The van der Waals surface area contributed by atoms with Crippen LogP contribution in [0.25, 0.3) is 10.6 Å². The van der Waals surface area contributed by atoms with Gasteiger partial charge in [0.1, 0.15) is 11.4 Å². The van der Waals surface area contributed by atoms with Crippen molar-refractivity contribution in [1.29, 1.82) is 0 Å². The van der Waals surface area contributed by atoms with Crippen molar-refractivity contribution in [2.45, 2.75) is 12.6 Å². The van der Waals surface area contributed by atoms with E-state index in [-0.39, 0.29) is 11.6 Å². The van der Waals surface area contributed by atoms with Gasteiger partial charge < -0.3 is 10.2 Å². The van der Waals surface area contributed by atoms with Gasteiger partial charge in [0.05, 0.1) is 9.75 Å². The summed E-state index contributed by atoms with van der Waals surface area (Å²) in [4.78, 5) is 15.0. The molecule has 2 heterocycles. The smallest absolute Gasteiger partial charge is 0.351 e. The quantitative estimate of drug-likeness (QED) is 0.806. The number of amides is 1. The maximum Gasteiger partial charge on any atom is 0.433 e. The Morgan fingerprint density at radius 1 is 1.38 bits per heavy atom. The molecule has 0 aliphatic carbocycles. The number of nitrogens with zero attached hydrogens (tertiary/aromatic N) is 3. The molecule has 0 unspecified atom stereocenters. The highest BCUT2D eigenvalue weighted by molar-refractivity contribution is 7.17. The summed E-state index contributed by atoms with van der Waals surface area (Å²) in [7, 11) is 5.16. The molecule has 0 saturated heterocycles. The lowest BCUT2D eigenvalue weighted by molar-refractivity contribution is -0.143. The van der Waals surface area contributed by atoms with Gasteiger partial charge in [-0.05, 0) is 45.3 Å². The molecule has 0 aromatic carbocycles. The predicted octanol–water partition coefficient (Wildman–Crippen LogP) is 2.85. The van der Waals surface area contributed by atoms with Crippen molar-refractivity contribution < 1.29 is 18.0 Å². The standard InChI is InChI=1S/C15H19F3N4OS/c1-21(2)8-4-7-19-14(23)12-6-5-11(24-12)10-9-13(15(16,17)18)22(3)20-10/h5-6,9H,4,7-8H2,1-3H3,(H,19,23). The first kappa shape index (κ1) is 18.5. The number of aryl methyl sites for hydroxylation is 1. The molecule has 0 aliphatic heterocycles. The van der Waals surface area contributed by atoms with Gasteiger partial charge in [-0.2, -0.15) is 18.3 Å². The van der Waals surface area contributed by atoms with Crippen molar-refractivity contribution in [3.63, 3.8) is 0 Å². The number of thiophene rings is 1. The van der Waals surface area contributed by atoms with Crippen LogP contribution < -0.4 is 5.32 Å². The molecule has 5 nitrogen and oxygen atoms in total. The van der Waals surface area contributed by atoms with Crippen molar-refractivity contribution in [1.82, 2.24) is 20.0 Å². The Morgan fingerprint density at radius 3 is 2.67 bits per heavy atom. The monoisotopic (exact) mass is 360 g/mol. The van der Waals surface area contributed by atoms with Crippen molar-refractivity contribution in [2.24, 2.45) is 7.05 Å². The molecule has 2 aromatic heterocycles. The van der Waals surface area contributed by atoms with Gasteiger partial charge in [0, 0.05) is 13.6 Å². The van der Waals surface area contributed by atoms with Crippen LogP contribution in [0, 0.1) is 0 Å². The fraction of sp³-hybridized carbons (Fsp3) is 0.467. The van der Waals surface area contributed by atoms with E-state index in [0.717, 1.165) is 35.1 Å². The minimum absolute atomic E-state index is 0.210. The summed E-state index contributed by atoms with van der Waals surface area (Å²) in [5, 5.41) is 6.68. The largest absolute Gasteiger partial charge is 0.433 e. The molecule has 0 aliphatic rings. The molecular formula is C15H19F3N4OS. The maximum atomic E-state index is 12.8. The van der Waals surface area contributed by atoms with Gasteiger partial charge in [-0.15, -0.1) is 11.3 Å². The molecule has 24 heavy (non-hydrogen) atoms. The minimum Gasteiger partial charge on any atom is -0.351 e. The molecule has 0 radical (unpaired) electrons. The van der Waals surface area contributed by atoms with Gasteiger partial charge in [-0.25, -0.2) is 0 Å². The lowest BCUT2D eigenvalue weighted by atomic mass is 10.3. The average Bonchev–Trinajstić information content (AvgIpc) is 3.08. The van der Waals surface area contributed by atoms with Crippen LogP contribution >= 0.6 is 11.3 Å². The van der Waals surface area contributed by atoms with Crippen molar-refractivity contribution >= 4 is 17.2 Å². The molecule has 1 N–H and O–H groups in total. The number of nitrogens with one attached hydrogen (secondary N) is 1. The second-order valence-corrected chi connectivity index (χ2v) is 6.70. The Bertz CT molecular complexity index is 706. The zero-order valence-corrected chi connectivity index (χ0v) is 14.5. The van der Waals surface area contributed by atoms with E-state index in [4.69, 9.17) is 0 Å². The van der Waals surface area contributed by atoms with Crippen molar-refractivity contribution in [3.05, 3.63) is 28.8 Å². The van der Waals surface area contributed by atoms with Crippen LogP contribution in [0.2, 0.25) is 0 Å². The number of alkyl halides is 3. The minimum atomic E-state index is -4.45. The van der Waals surface area contributed by atoms with Crippen LogP contribution in [-0.2, 0) is 13.2 Å². The third kappa shape index (κ3) is 4.57. The van der Waals surface area contributed by atoms with Crippen LogP contribution in [0.5, 0.6) is 0 Å². The average molecular weight is 360 g/mol. The fourth-order valence-corrected chi connectivity index (χ4v) is 3.01. The van der Waals surface area contributed by atoms with E-state index in [1.54, 1.807) is 12.1 Å². The Labute approximate surface area is 142 Å². The molecule has 9 heteroatoms. The van der Waals surface area contributed by atoms with Crippen molar-refractivity contribution in [2.75, 3.05) is 27.2 Å². The predicted molar refractivity (Wildman–Crippen MR) is 87.0 cm³/mol. The molecule has 2 rings (SSSR count). The fourth-order valence-electron chi connectivity index (χ4n) is 2.13. The van der Waals surface area contributed by atoms with Crippen LogP contribution in [-0.4, -0.2) is 47.8 Å². The number of hydrogen-bond donors (Lipinski definition) is 1. The molecule has 132 valence electrons. The second kappa shape index (κ2) is 7.35.